The normalized spacial score (nSPS) is 12.9. The van der Waals surface area contributed by atoms with E-state index in [2.05, 4.69) is 35.2 Å². The highest BCUT2D eigenvalue weighted by Gasteiger charge is 2.04. The number of aromatic nitrogens is 1. The fraction of sp³-hybridized carbons (Fsp3) is 0.615. The van der Waals surface area contributed by atoms with E-state index in [4.69, 9.17) is 4.74 Å². The lowest BCUT2D eigenvalue weighted by Gasteiger charge is -2.19. The predicted molar refractivity (Wildman–Crippen MR) is 70.0 cm³/mol. The summed E-state index contributed by atoms with van der Waals surface area (Å²) in [5.74, 6) is 0. The lowest BCUT2D eigenvalue weighted by atomic mass is 10.1. The van der Waals surface area contributed by atoms with Crippen molar-refractivity contribution in [1.82, 2.24) is 15.2 Å². The number of hydrogen-bond donors (Lipinski definition) is 1. The van der Waals surface area contributed by atoms with Gasteiger partial charge in [0.25, 0.3) is 0 Å². The minimum atomic E-state index is 0.347. The van der Waals surface area contributed by atoms with Crippen LogP contribution in [0.3, 0.4) is 0 Å². The van der Waals surface area contributed by atoms with Crippen molar-refractivity contribution in [2.75, 3.05) is 40.4 Å². The Bertz CT molecular complexity index is 292. The molecule has 1 heterocycles. The van der Waals surface area contributed by atoms with E-state index in [-0.39, 0.29) is 0 Å². The van der Waals surface area contributed by atoms with Crippen molar-refractivity contribution < 1.29 is 4.74 Å². The Morgan fingerprint density at radius 3 is 2.94 bits per heavy atom. The van der Waals surface area contributed by atoms with E-state index in [1.54, 1.807) is 13.3 Å². The van der Waals surface area contributed by atoms with Gasteiger partial charge in [-0.05, 0) is 25.6 Å². The van der Waals surface area contributed by atoms with E-state index >= 15 is 0 Å². The molecule has 0 fully saturated rings. The number of nitrogens with zero attached hydrogens (tertiary/aromatic N) is 2. The first kappa shape index (κ1) is 14.1. The molecule has 17 heavy (non-hydrogen) atoms. The minimum absolute atomic E-state index is 0.347. The van der Waals surface area contributed by atoms with Crippen LogP contribution in [-0.4, -0.2) is 50.3 Å². The van der Waals surface area contributed by atoms with E-state index in [1.807, 2.05) is 12.3 Å². The Balaban J connectivity index is 2.18. The second kappa shape index (κ2) is 8.17. The Morgan fingerprint density at radius 2 is 2.29 bits per heavy atom. The van der Waals surface area contributed by atoms with E-state index in [0.29, 0.717) is 6.04 Å². The minimum Gasteiger partial charge on any atom is -0.383 e. The van der Waals surface area contributed by atoms with Gasteiger partial charge in [0, 0.05) is 45.2 Å². The molecule has 96 valence electrons. The Labute approximate surface area is 104 Å². The van der Waals surface area contributed by atoms with Crippen molar-refractivity contribution in [3.8, 4) is 0 Å². The maximum absolute atomic E-state index is 5.04. The van der Waals surface area contributed by atoms with Gasteiger partial charge < -0.3 is 15.0 Å². The van der Waals surface area contributed by atoms with Gasteiger partial charge in [-0.2, -0.15) is 0 Å². The SMILES string of the molecule is COCCN(C)CCNC(C)c1cccnc1. The summed E-state index contributed by atoms with van der Waals surface area (Å²) in [6.45, 7) is 5.91. The highest BCUT2D eigenvalue weighted by atomic mass is 16.5. The third-order valence-corrected chi connectivity index (χ3v) is 2.81. The van der Waals surface area contributed by atoms with Gasteiger partial charge in [-0.3, -0.25) is 4.98 Å². The fourth-order valence-corrected chi connectivity index (χ4v) is 1.58. The average Bonchev–Trinajstić information content (AvgIpc) is 2.37. The summed E-state index contributed by atoms with van der Waals surface area (Å²) in [6, 6.07) is 4.41. The van der Waals surface area contributed by atoms with Crippen LogP contribution in [0.15, 0.2) is 24.5 Å². The van der Waals surface area contributed by atoms with Crippen molar-refractivity contribution in [1.29, 1.82) is 0 Å². The second-order valence-corrected chi connectivity index (χ2v) is 4.26. The van der Waals surface area contributed by atoms with Crippen LogP contribution in [0.2, 0.25) is 0 Å². The summed E-state index contributed by atoms with van der Waals surface area (Å²) in [5, 5.41) is 3.48. The molecule has 0 amide bonds. The molecule has 0 aromatic carbocycles. The highest BCUT2D eigenvalue weighted by molar-refractivity contribution is 5.12. The standard InChI is InChI=1S/C13H23N3O/c1-12(13-5-4-6-14-11-13)15-7-8-16(2)9-10-17-3/h4-6,11-12,15H,7-10H2,1-3H3. The molecule has 0 spiro atoms. The highest BCUT2D eigenvalue weighted by Crippen LogP contribution is 2.08. The van der Waals surface area contributed by atoms with Crippen LogP contribution in [0.1, 0.15) is 18.5 Å². The van der Waals surface area contributed by atoms with Crippen molar-refractivity contribution in [2.24, 2.45) is 0 Å². The summed E-state index contributed by atoms with van der Waals surface area (Å²) in [6.07, 6.45) is 3.71. The van der Waals surface area contributed by atoms with Gasteiger partial charge in [0.2, 0.25) is 0 Å². The lowest BCUT2D eigenvalue weighted by Crippen LogP contribution is -2.32. The molecule has 0 bridgehead atoms. The molecule has 4 heteroatoms. The van der Waals surface area contributed by atoms with Crippen LogP contribution < -0.4 is 5.32 Å². The molecule has 0 saturated heterocycles. The van der Waals surface area contributed by atoms with Gasteiger partial charge in [-0.1, -0.05) is 6.07 Å². The summed E-state index contributed by atoms with van der Waals surface area (Å²) < 4.78 is 5.04. The number of hydrogen-bond acceptors (Lipinski definition) is 4. The smallest absolute Gasteiger partial charge is 0.0589 e. The van der Waals surface area contributed by atoms with Crippen LogP contribution >= 0.6 is 0 Å². The van der Waals surface area contributed by atoms with E-state index in [1.165, 1.54) is 5.56 Å². The summed E-state index contributed by atoms with van der Waals surface area (Å²) >= 11 is 0. The van der Waals surface area contributed by atoms with E-state index < -0.39 is 0 Å². The molecule has 4 nitrogen and oxygen atoms in total. The topological polar surface area (TPSA) is 37.4 Å². The van der Waals surface area contributed by atoms with Crippen LogP contribution in [0.4, 0.5) is 0 Å². The van der Waals surface area contributed by atoms with Gasteiger partial charge in [0.15, 0.2) is 0 Å². The summed E-state index contributed by atoms with van der Waals surface area (Å²) in [4.78, 5) is 6.38. The fourth-order valence-electron chi connectivity index (χ4n) is 1.58. The number of pyridine rings is 1. The molecule has 1 atom stereocenters. The van der Waals surface area contributed by atoms with Crippen molar-refractivity contribution in [3.63, 3.8) is 0 Å². The van der Waals surface area contributed by atoms with Gasteiger partial charge in [0.1, 0.15) is 0 Å². The monoisotopic (exact) mass is 237 g/mol. The van der Waals surface area contributed by atoms with Gasteiger partial charge in [-0.25, -0.2) is 0 Å². The number of rotatable bonds is 8. The van der Waals surface area contributed by atoms with Crippen molar-refractivity contribution >= 4 is 0 Å². The van der Waals surface area contributed by atoms with Gasteiger partial charge >= 0.3 is 0 Å². The number of methoxy groups -OCH3 is 1. The molecule has 0 aliphatic rings. The summed E-state index contributed by atoms with van der Waals surface area (Å²) in [5.41, 5.74) is 1.23. The van der Waals surface area contributed by atoms with E-state index in [0.717, 1.165) is 26.2 Å². The van der Waals surface area contributed by atoms with Gasteiger partial charge in [-0.15, -0.1) is 0 Å². The molecule has 1 unspecified atom stereocenters. The van der Waals surface area contributed by atoms with Crippen LogP contribution in [-0.2, 0) is 4.74 Å². The third kappa shape index (κ3) is 5.77. The Kier molecular flexibility index (Phi) is 6.77. The molecule has 1 rings (SSSR count). The summed E-state index contributed by atoms with van der Waals surface area (Å²) in [7, 11) is 3.84. The predicted octanol–water partition coefficient (Wildman–Crippen LogP) is 1.31. The van der Waals surface area contributed by atoms with Crippen LogP contribution in [0.25, 0.3) is 0 Å². The first-order valence-electron chi connectivity index (χ1n) is 6.05. The molecular formula is C13H23N3O. The molecule has 0 aliphatic carbocycles. The Hall–Kier alpha value is -0.970. The zero-order chi connectivity index (χ0) is 12.5. The van der Waals surface area contributed by atoms with Crippen LogP contribution in [0, 0.1) is 0 Å². The maximum atomic E-state index is 5.04. The zero-order valence-corrected chi connectivity index (χ0v) is 11.0. The molecule has 1 N–H and O–H groups in total. The molecule has 0 radical (unpaired) electrons. The average molecular weight is 237 g/mol. The first-order valence-corrected chi connectivity index (χ1v) is 6.05. The quantitative estimate of drug-likeness (QED) is 0.740. The molecule has 0 aliphatic heterocycles. The van der Waals surface area contributed by atoms with E-state index in [9.17, 15) is 0 Å². The second-order valence-electron chi connectivity index (χ2n) is 4.26. The van der Waals surface area contributed by atoms with Crippen molar-refractivity contribution in [2.45, 2.75) is 13.0 Å². The zero-order valence-electron chi connectivity index (χ0n) is 11.0. The van der Waals surface area contributed by atoms with Crippen molar-refractivity contribution in [3.05, 3.63) is 30.1 Å². The largest absolute Gasteiger partial charge is 0.383 e. The molecule has 1 aromatic rings. The first-order chi connectivity index (χ1) is 8.24. The van der Waals surface area contributed by atoms with Crippen LogP contribution in [0.5, 0.6) is 0 Å². The Morgan fingerprint density at radius 1 is 1.47 bits per heavy atom. The molecule has 0 saturated carbocycles. The number of ether oxygens (including phenoxy) is 1. The number of likely N-dealkylation sites (N-methyl/N-ethyl adjacent to an activating group) is 1. The third-order valence-electron chi connectivity index (χ3n) is 2.81. The molecular weight excluding hydrogens is 214 g/mol. The number of nitrogens with one attached hydrogen (secondary N) is 1. The lowest BCUT2D eigenvalue weighted by molar-refractivity contribution is 0.161. The maximum Gasteiger partial charge on any atom is 0.0589 e. The van der Waals surface area contributed by atoms with Gasteiger partial charge in [0.05, 0.1) is 6.61 Å². The molecule has 1 aromatic heterocycles.